The molecule has 1 aliphatic heterocycles. The molecule has 2 atom stereocenters. The van der Waals surface area contributed by atoms with Crippen molar-refractivity contribution in [2.24, 2.45) is 17.6 Å². The van der Waals surface area contributed by atoms with Crippen molar-refractivity contribution in [3.8, 4) is 0 Å². The maximum Gasteiger partial charge on any atom is 0.243 e. The summed E-state index contributed by atoms with van der Waals surface area (Å²) in [6.07, 6.45) is 0. The van der Waals surface area contributed by atoms with Crippen LogP contribution in [0.5, 0.6) is 0 Å². The van der Waals surface area contributed by atoms with Crippen molar-refractivity contribution in [2.75, 3.05) is 13.1 Å². The third-order valence-electron chi connectivity index (χ3n) is 4.59. The van der Waals surface area contributed by atoms with E-state index < -0.39 is 10.0 Å². The zero-order valence-electron chi connectivity index (χ0n) is 10.9. The van der Waals surface area contributed by atoms with Gasteiger partial charge in [-0.2, -0.15) is 4.31 Å². The van der Waals surface area contributed by atoms with Gasteiger partial charge in [-0.25, -0.2) is 8.42 Å². The van der Waals surface area contributed by atoms with Crippen LogP contribution in [-0.4, -0.2) is 31.9 Å². The molecule has 2 N–H and O–H groups in total. The molecule has 0 amide bonds. The average molecular weight is 288 g/mol. The first-order valence-electron chi connectivity index (χ1n) is 6.82. The fraction of sp³-hybridized carbons (Fsp3) is 0.333. The Hall–Kier alpha value is -1.43. The Kier molecular flexibility index (Phi) is 2.49. The van der Waals surface area contributed by atoms with E-state index in [1.165, 1.54) is 0 Å². The third kappa shape index (κ3) is 1.63. The Labute approximate surface area is 118 Å². The summed E-state index contributed by atoms with van der Waals surface area (Å²) < 4.78 is 27.2. The molecule has 1 saturated carbocycles. The maximum atomic E-state index is 12.8. The van der Waals surface area contributed by atoms with Crippen molar-refractivity contribution in [3.05, 3.63) is 42.5 Å². The number of nitrogens with two attached hydrogens (primary N) is 1. The predicted molar refractivity (Wildman–Crippen MR) is 77.7 cm³/mol. The van der Waals surface area contributed by atoms with Gasteiger partial charge in [-0.05, 0) is 23.3 Å². The first-order valence-corrected chi connectivity index (χ1v) is 8.26. The van der Waals surface area contributed by atoms with Gasteiger partial charge in [-0.1, -0.05) is 36.4 Å². The molecule has 0 radical (unpaired) electrons. The van der Waals surface area contributed by atoms with Crippen molar-refractivity contribution in [1.29, 1.82) is 0 Å². The van der Waals surface area contributed by atoms with Crippen LogP contribution in [0.15, 0.2) is 47.4 Å². The van der Waals surface area contributed by atoms with E-state index in [4.69, 9.17) is 5.73 Å². The second-order valence-corrected chi connectivity index (χ2v) is 7.61. The number of hydrogen-bond donors (Lipinski definition) is 1. The highest BCUT2D eigenvalue weighted by Gasteiger charge is 2.56. The summed E-state index contributed by atoms with van der Waals surface area (Å²) in [4.78, 5) is 0.408. The van der Waals surface area contributed by atoms with Gasteiger partial charge in [0.2, 0.25) is 10.0 Å². The van der Waals surface area contributed by atoms with Crippen molar-refractivity contribution in [2.45, 2.75) is 10.9 Å². The van der Waals surface area contributed by atoms with Crippen LogP contribution in [0.4, 0.5) is 0 Å². The number of piperidine rings is 1. The molecule has 2 aromatic carbocycles. The lowest BCUT2D eigenvalue weighted by molar-refractivity contribution is 0.433. The van der Waals surface area contributed by atoms with Gasteiger partial charge >= 0.3 is 0 Å². The molecule has 4 rings (SSSR count). The van der Waals surface area contributed by atoms with Crippen LogP contribution in [0.3, 0.4) is 0 Å². The normalized spacial score (nSPS) is 29.6. The van der Waals surface area contributed by atoms with Crippen LogP contribution in [0.2, 0.25) is 0 Å². The molecule has 2 fully saturated rings. The zero-order chi connectivity index (χ0) is 13.9. The Morgan fingerprint density at radius 3 is 2.40 bits per heavy atom. The van der Waals surface area contributed by atoms with E-state index in [2.05, 4.69) is 0 Å². The van der Waals surface area contributed by atoms with Crippen LogP contribution in [0.25, 0.3) is 10.8 Å². The Bertz CT molecular complexity index is 770. The number of hydrogen-bond acceptors (Lipinski definition) is 3. The highest BCUT2D eigenvalue weighted by molar-refractivity contribution is 7.89. The third-order valence-corrected chi connectivity index (χ3v) is 6.48. The van der Waals surface area contributed by atoms with Gasteiger partial charge in [0, 0.05) is 24.5 Å². The molecular formula is C15H16N2O2S. The molecule has 20 heavy (non-hydrogen) atoms. The minimum Gasteiger partial charge on any atom is -0.327 e. The summed E-state index contributed by atoms with van der Waals surface area (Å²) in [5.41, 5.74) is 5.89. The summed E-state index contributed by atoms with van der Waals surface area (Å²) in [5, 5.41) is 1.74. The van der Waals surface area contributed by atoms with E-state index >= 15 is 0 Å². The van der Waals surface area contributed by atoms with Gasteiger partial charge in [0.05, 0.1) is 4.90 Å². The van der Waals surface area contributed by atoms with E-state index in [-0.39, 0.29) is 6.04 Å². The fourth-order valence-corrected chi connectivity index (χ4v) is 5.02. The van der Waals surface area contributed by atoms with Gasteiger partial charge in [-0.3, -0.25) is 0 Å². The molecule has 1 heterocycles. The van der Waals surface area contributed by atoms with Gasteiger partial charge < -0.3 is 5.73 Å². The molecule has 104 valence electrons. The van der Waals surface area contributed by atoms with E-state index in [0.717, 1.165) is 10.8 Å². The molecule has 1 aliphatic carbocycles. The van der Waals surface area contributed by atoms with Crippen LogP contribution < -0.4 is 5.73 Å². The summed E-state index contributed by atoms with van der Waals surface area (Å²) >= 11 is 0. The second-order valence-electron chi connectivity index (χ2n) is 5.70. The lowest BCUT2D eigenvalue weighted by Gasteiger charge is -2.20. The lowest BCUT2D eigenvalue weighted by Crippen LogP contribution is -2.34. The monoisotopic (exact) mass is 288 g/mol. The first-order chi connectivity index (χ1) is 9.59. The van der Waals surface area contributed by atoms with E-state index in [9.17, 15) is 8.42 Å². The molecule has 2 aliphatic rings. The van der Waals surface area contributed by atoms with Crippen LogP contribution in [0.1, 0.15) is 0 Å². The summed E-state index contributed by atoms with van der Waals surface area (Å²) in [6, 6.07) is 13.2. The smallest absolute Gasteiger partial charge is 0.243 e. The maximum absolute atomic E-state index is 12.8. The van der Waals surface area contributed by atoms with Crippen LogP contribution in [-0.2, 0) is 10.0 Å². The molecule has 1 saturated heterocycles. The minimum absolute atomic E-state index is 0.203. The Balaban J connectivity index is 1.79. The topological polar surface area (TPSA) is 63.4 Å². The number of rotatable bonds is 2. The second kappa shape index (κ2) is 4.04. The number of fused-ring (bicyclic) bond motifs is 2. The van der Waals surface area contributed by atoms with Crippen LogP contribution in [0, 0.1) is 11.8 Å². The number of benzene rings is 2. The van der Waals surface area contributed by atoms with Crippen molar-refractivity contribution in [3.63, 3.8) is 0 Å². The molecule has 2 unspecified atom stereocenters. The van der Waals surface area contributed by atoms with Crippen molar-refractivity contribution < 1.29 is 8.42 Å². The van der Waals surface area contributed by atoms with E-state index in [0.29, 0.717) is 29.8 Å². The summed E-state index contributed by atoms with van der Waals surface area (Å²) in [6.45, 7) is 1.13. The highest BCUT2D eigenvalue weighted by atomic mass is 32.2. The van der Waals surface area contributed by atoms with Gasteiger partial charge in [0.1, 0.15) is 0 Å². The van der Waals surface area contributed by atoms with Crippen LogP contribution >= 0.6 is 0 Å². The molecule has 4 nitrogen and oxygen atoms in total. The van der Waals surface area contributed by atoms with Crippen molar-refractivity contribution in [1.82, 2.24) is 4.31 Å². The number of sulfonamides is 1. The lowest BCUT2D eigenvalue weighted by atomic mass is 10.1. The molecule has 2 aromatic rings. The molecular weight excluding hydrogens is 272 g/mol. The summed E-state index contributed by atoms with van der Waals surface area (Å²) in [5.74, 6) is 0.722. The Morgan fingerprint density at radius 2 is 1.65 bits per heavy atom. The van der Waals surface area contributed by atoms with E-state index in [1.807, 2.05) is 30.3 Å². The minimum atomic E-state index is -3.41. The predicted octanol–water partition coefficient (Wildman–Crippen LogP) is 1.42. The average Bonchev–Trinajstić information content (AvgIpc) is 2.90. The number of nitrogens with zero attached hydrogens (tertiary/aromatic N) is 1. The van der Waals surface area contributed by atoms with E-state index in [1.54, 1.807) is 16.4 Å². The molecule has 0 spiro atoms. The fourth-order valence-electron chi connectivity index (χ4n) is 3.29. The largest absolute Gasteiger partial charge is 0.327 e. The van der Waals surface area contributed by atoms with Gasteiger partial charge in [-0.15, -0.1) is 0 Å². The Morgan fingerprint density at radius 1 is 1.00 bits per heavy atom. The van der Waals surface area contributed by atoms with Gasteiger partial charge in [0.15, 0.2) is 0 Å². The molecule has 0 aromatic heterocycles. The van der Waals surface area contributed by atoms with Gasteiger partial charge in [0.25, 0.3) is 0 Å². The molecule has 5 heteroatoms. The quantitative estimate of drug-likeness (QED) is 0.909. The standard InChI is InChI=1S/C15H16N2O2S/c16-15-12-8-17(9-13(12)15)20(18,19)14-7-3-5-10-4-1-2-6-11(10)14/h1-7,12-13,15H,8-9,16H2. The first kappa shape index (κ1) is 12.3. The van der Waals surface area contributed by atoms with Crippen molar-refractivity contribution >= 4 is 20.8 Å². The SMILES string of the molecule is NC1C2CN(S(=O)(=O)c3cccc4ccccc34)CC12. The highest BCUT2D eigenvalue weighted by Crippen LogP contribution is 2.45. The zero-order valence-corrected chi connectivity index (χ0v) is 11.8. The molecule has 0 bridgehead atoms. The summed E-state index contributed by atoms with van der Waals surface area (Å²) in [7, 11) is -3.41.